The molecule has 0 fully saturated rings. The van der Waals surface area contributed by atoms with Crippen molar-refractivity contribution in [2.75, 3.05) is 20.2 Å². The zero-order valence-corrected chi connectivity index (χ0v) is 14.1. The first-order valence-electron chi connectivity index (χ1n) is 8.30. The third-order valence-electron chi connectivity index (χ3n) is 4.30. The minimum absolute atomic E-state index is 0.472. The van der Waals surface area contributed by atoms with Gasteiger partial charge < -0.3 is 15.8 Å². The summed E-state index contributed by atoms with van der Waals surface area (Å²) in [6.45, 7) is 6.08. The van der Waals surface area contributed by atoms with E-state index in [2.05, 4.69) is 36.3 Å². The van der Waals surface area contributed by atoms with Gasteiger partial charge in [-0.2, -0.15) is 0 Å². The smallest absolute Gasteiger partial charge is 0.188 e. The Labute approximate surface area is 134 Å². The third kappa shape index (κ3) is 4.65. The van der Waals surface area contributed by atoms with Crippen molar-refractivity contribution < 1.29 is 4.74 Å². The zero-order chi connectivity index (χ0) is 15.9. The van der Waals surface area contributed by atoms with E-state index < -0.39 is 0 Å². The van der Waals surface area contributed by atoms with Gasteiger partial charge in [-0.3, -0.25) is 4.99 Å². The van der Waals surface area contributed by atoms with E-state index in [1.165, 1.54) is 24.0 Å². The summed E-state index contributed by atoms with van der Waals surface area (Å²) in [6, 6.07) is 6.40. The summed E-state index contributed by atoms with van der Waals surface area (Å²) in [4.78, 5) is 4.54. The number of benzene rings is 1. The van der Waals surface area contributed by atoms with E-state index in [0.717, 1.165) is 31.7 Å². The summed E-state index contributed by atoms with van der Waals surface area (Å²) in [7, 11) is 1.72. The molecule has 0 aromatic heterocycles. The summed E-state index contributed by atoms with van der Waals surface area (Å²) in [5, 5.41) is 3.20. The van der Waals surface area contributed by atoms with Crippen molar-refractivity contribution in [2.24, 2.45) is 16.6 Å². The summed E-state index contributed by atoms with van der Waals surface area (Å²) >= 11 is 0. The maximum absolute atomic E-state index is 5.96. The summed E-state index contributed by atoms with van der Waals surface area (Å²) in [5.41, 5.74) is 8.77. The van der Waals surface area contributed by atoms with Crippen LogP contribution in [0.4, 0.5) is 0 Å². The van der Waals surface area contributed by atoms with Crippen LogP contribution in [0.5, 0.6) is 5.75 Å². The molecule has 0 spiro atoms. The monoisotopic (exact) mass is 303 g/mol. The third-order valence-corrected chi connectivity index (χ3v) is 4.30. The molecule has 0 saturated heterocycles. The van der Waals surface area contributed by atoms with Crippen molar-refractivity contribution in [1.82, 2.24) is 5.32 Å². The minimum atomic E-state index is 0.472. The highest BCUT2D eigenvalue weighted by molar-refractivity contribution is 5.77. The number of nitrogens with two attached hydrogens (primary N) is 1. The van der Waals surface area contributed by atoms with Gasteiger partial charge >= 0.3 is 0 Å². The van der Waals surface area contributed by atoms with Crippen LogP contribution in [0.25, 0.3) is 0 Å². The maximum atomic E-state index is 5.96. The molecule has 1 atom stereocenters. The Morgan fingerprint density at radius 2 is 2.27 bits per heavy atom. The molecule has 1 aromatic carbocycles. The average molecular weight is 303 g/mol. The van der Waals surface area contributed by atoms with Crippen LogP contribution in [0.1, 0.15) is 50.2 Å². The first kappa shape index (κ1) is 16.7. The number of aliphatic imine (C=N–C) groups is 1. The van der Waals surface area contributed by atoms with Crippen LogP contribution in [0.3, 0.4) is 0 Å². The molecular formula is C18H29N3O. The molecule has 0 amide bonds. The van der Waals surface area contributed by atoms with E-state index in [9.17, 15) is 0 Å². The Hall–Kier alpha value is -1.71. The van der Waals surface area contributed by atoms with Crippen molar-refractivity contribution in [1.29, 1.82) is 0 Å². The van der Waals surface area contributed by atoms with E-state index in [-0.39, 0.29) is 0 Å². The topological polar surface area (TPSA) is 59.6 Å². The summed E-state index contributed by atoms with van der Waals surface area (Å²) < 4.78 is 5.32. The largest absolute Gasteiger partial charge is 0.497 e. The number of ether oxygens (including phenoxy) is 1. The molecule has 0 radical (unpaired) electrons. The first-order chi connectivity index (χ1) is 10.6. The highest BCUT2D eigenvalue weighted by atomic mass is 16.5. The van der Waals surface area contributed by atoms with Gasteiger partial charge in [0.2, 0.25) is 0 Å². The fourth-order valence-corrected chi connectivity index (χ4v) is 2.96. The van der Waals surface area contributed by atoms with E-state index in [4.69, 9.17) is 10.5 Å². The Kier molecular flexibility index (Phi) is 6.10. The fraction of sp³-hybridized carbons (Fsp3) is 0.611. The lowest BCUT2D eigenvalue weighted by Crippen LogP contribution is -2.33. The van der Waals surface area contributed by atoms with Crippen molar-refractivity contribution in [3.05, 3.63) is 29.3 Å². The van der Waals surface area contributed by atoms with Gasteiger partial charge in [0.05, 0.1) is 7.11 Å². The maximum Gasteiger partial charge on any atom is 0.188 e. The molecule has 122 valence electrons. The Morgan fingerprint density at radius 1 is 1.45 bits per heavy atom. The molecule has 4 heteroatoms. The van der Waals surface area contributed by atoms with Gasteiger partial charge in [0.25, 0.3) is 0 Å². The molecule has 0 aliphatic heterocycles. The van der Waals surface area contributed by atoms with Crippen LogP contribution in [-0.4, -0.2) is 26.2 Å². The van der Waals surface area contributed by atoms with Crippen molar-refractivity contribution in [3.63, 3.8) is 0 Å². The number of aryl methyl sites for hydroxylation is 1. The number of nitrogens with zero attached hydrogens (tertiary/aromatic N) is 1. The highest BCUT2D eigenvalue weighted by Gasteiger charge is 2.20. The lowest BCUT2D eigenvalue weighted by atomic mass is 9.83. The molecule has 1 aliphatic rings. The van der Waals surface area contributed by atoms with Crippen molar-refractivity contribution >= 4 is 5.96 Å². The Bertz CT molecular complexity index is 511. The highest BCUT2D eigenvalue weighted by Crippen LogP contribution is 2.33. The summed E-state index contributed by atoms with van der Waals surface area (Å²) in [5.74, 6) is 2.67. The van der Waals surface area contributed by atoms with Gasteiger partial charge in [-0.15, -0.1) is 0 Å². The van der Waals surface area contributed by atoms with Crippen LogP contribution >= 0.6 is 0 Å². The number of hydrogen-bond donors (Lipinski definition) is 2. The number of methoxy groups -OCH3 is 1. The molecule has 4 nitrogen and oxygen atoms in total. The number of guanidine groups is 1. The predicted octanol–water partition coefficient (Wildman–Crippen LogP) is 3.07. The fourth-order valence-electron chi connectivity index (χ4n) is 2.96. The molecule has 1 aliphatic carbocycles. The van der Waals surface area contributed by atoms with Gasteiger partial charge in [-0.05, 0) is 54.9 Å². The standard InChI is InChI=1S/C18H29N3O/c1-13(2)9-10-20-18(19)21-12-15-6-4-5-14-11-16(22-3)7-8-17(14)15/h7-8,11,13,15H,4-6,9-10,12H2,1-3H3,(H3,19,20,21). The van der Waals surface area contributed by atoms with E-state index >= 15 is 0 Å². The lowest BCUT2D eigenvalue weighted by molar-refractivity contribution is 0.413. The second kappa shape index (κ2) is 8.06. The minimum Gasteiger partial charge on any atom is -0.497 e. The molecule has 0 saturated carbocycles. The van der Waals surface area contributed by atoms with E-state index in [0.29, 0.717) is 17.8 Å². The molecule has 22 heavy (non-hydrogen) atoms. The van der Waals surface area contributed by atoms with Gasteiger partial charge in [-0.25, -0.2) is 0 Å². The van der Waals surface area contributed by atoms with Crippen molar-refractivity contribution in [3.8, 4) is 5.75 Å². The molecule has 0 heterocycles. The molecule has 1 aromatic rings. The molecule has 0 bridgehead atoms. The van der Waals surface area contributed by atoms with Crippen LogP contribution in [0, 0.1) is 5.92 Å². The zero-order valence-electron chi connectivity index (χ0n) is 14.1. The normalized spacial score (nSPS) is 18.2. The number of hydrogen-bond acceptors (Lipinski definition) is 2. The lowest BCUT2D eigenvalue weighted by Gasteiger charge is -2.24. The first-order valence-corrected chi connectivity index (χ1v) is 8.30. The SMILES string of the molecule is COc1ccc2c(c1)CCCC2CN=C(N)NCCC(C)C. The molecular weight excluding hydrogens is 274 g/mol. The predicted molar refractivity (Wildman–Crippen MR) is 92.6 cm³/mol. The van der Waals surface area contributed by atoms with Crippen LogP contribution in [-0.2, 0) is 6.42 Å². The molecule has 3 N–H and O–H groups in total. The van der Waals surface area contributed by atoms with Gasteiger partial charge in [0.15, 0.2) is 5.96 Å². The van der Waals surface area contributed by atoms with E-state index in [1.54, 1.807) is 7.11 Å². The quantitative estimate of drug-likeness (QED) is 0.627. The van der Waals surface area contributed by atoms with Crippen LogP contribution < -0.4 is 15.8 Å². The van der Waals surface area contributed by atoms with Gasteiger partial charge in [-0.1, -0.05) is 19.9 Å². The number of rotatable bonds is 6. The van der Waals surface area contributed by atoms with E-state index in [1.807, 2.05) is 6.07 Å². The Morgan fingerprint density at radius 3 is 3.00 bits per heavy atom. The number of fused-ring (bicyclic) bond motifs is 1. The van der Waals surface area contributed by atoms with Crippen molar-refractivity contribution in [2.45, 2.75) is 45.4 Å². The van der Waals surface area contributed by atoms with Crippen LogP contribution in [0.2, 0.25) is 0 Å². The average Bonchev–Trinajstić information content (AvgIpc) is 2.51. The molecule has 2 rings (SSSR count). The van der Waals surface area contributed by atoms with Crippen LogP contribution in [0.15, 0.2) is 23.2 Å². The van der Waals surface area contributed by atoms with Gasteiger partial charge in [0, 0.05) is 19.0 Å². The number of nitrogens with one attached hydrogen (secondary N) is 1. The molecule has 1 unspecified atom stereocenters. The second-order valence-electron chi connectivity index (χ2n) is 6.49. The Balaban J connectivity index is 1.94. The van der Waals surface area contributed by atoms with Gasteiger partial charge in [0.1, 0.15) is 5.75 Å². The summed E-state index contributed by atoms with van der Waals surface area (Å²) in [6.07, 6.45) is 4.64. The second-order valence-corrected chi connectivity index (χ2v) is 6.49.